The zero-order chi connectivity index (χ0) is 17.8. The zero-order valence-corrected chi connectivity index (χ0v) is 14.4. The smallest absolute Gasteiger partial charge is 0.301 e. The fraction of sp³-hybridized carbons (Fsp3) is 0.312. The van der Waals surface area contributed by atoms with Gasteiger partial charge in [0.1, 0.15) is 5.76 Å². The molecule has 0 radical (unpaired) electrons. The molecule has 0 bridgehead atoms. The van der Waals surface area contributed by atoms with E-state index >= 15 is 0 Å². The standard InChI is InChI=1S/C16H17N5O3S/c1-10(11-5-7-13(8-6-11)21(22)23)19-20-16(25)18-15-17-9-14(24-15)12-3-2-4-12/h5-9,12H,2-4H2,1H3,(H2,17,18,20,25)/b19-10+. The van der Waals surface area contributed by atoms with Gasteiger partial charge in [-0.1, -0.05) is 6.42 Å². The highest BCUT2D eigenvalue weighted by Crippen LogP contribution is 2.37. The van der Waals surface area contributed by atoms with Gasteiger partial charge < -0.3 is 4.42 Å². The molecule has 1 aromatic carbocycles. The maximum atomic E-state index is 10.7. The Kier molecular flexibility index (Phi) is 5.03. The minimum Gasteiger partial charge on any atom is -0.428 e. The topological polar surface area (TPSA) is 106 Å². The van der Waals surface area contributed by atoms with E-state index in [4.69, 9.17) is 16.6 Å². The van der Waals surface area contributed by atoms with Crippen LogP contribution in [0.25, 0.3) is 0 Å². The van der Waals surface area contributed by atoms with Gasteiger partial charge in [0, 0.05) is 18.1 Å². The van der Waals surface area contributed by atoms with Crippen molar-refractivity contribution in [2.24, 2.45) is 5.10 Å². The first-order valence-electron chi connectivity index (χ1n) is 7.85. The second-order valence-corrected chi connectivity index (χ2v) is 6.17. The number of non-ortho nitro benzene ring substituents is 1. The number of nitrogens with one attached hydrogen (secondary N) is 2. The third kappa shape index (κ3) is 4.18. The lowest BCUT2D eigenvalue weighted by atomic mass is 9.84. The van der Waals surface area contributed by atoms with Crippen LogP contribution in [0.4, 0.5) is 11.7 Å². The average Bonchev–Trinajstić information content (AvgIpc) is 2.98. The van der Waals surface area contributed by atoms with Gasteiger partial charge in [0.2, 0.25) is 0 Å². The molecule has 3 rings (SSSR count). The predicted octanol–water partition coefficient (Wildman–Crippen LogP) is 3.56. The van der Waals surface area contributed by atoms with E-state index < -0.39 is 4.92 Å². The van der Waals surface area contributed by atoms with E-state index in [1.165, 1.54) is 18.6 Å². The van der Waals surface area contributed by atoms with Crippen molar-refractivity contribution >= 4 is 34.7 Å². The normalized spacial score (nSPS) is 14.7. The van der Waals surface area contributed by atoms with Crippen molar-refractivity contribution in [2.75, 3.05) is 5.32 Å². The molecule has 0 amide bonds. The molecule has 1 aliphatic rings. The summed E-state index contributed by atoms with van der Waals surface area (Å²) in [5.41, 5.74) is 4.14. The molecular formula is C16H17N5O3S. The second-order valence-electron chi connectivity index (χ2n) is 5.76. The van der Waals surface area contributed by atoms with Crippen molar-refractivity contribution in [1.82, 2.24) is 10.4 Å². The van der Waals surface area contributed by atoms with Crippen molar-refractivity contribution in [2.45, 2.75) is 32.1 Å². The number of oxazole rings is 1. The van der Waals surface area contributed by atoms with Crippen LogP contribution in [0.5, 0.6) is 0 Å². The van der Waals surface area contributed by atoms with Gasteiger partial charge in [-0.15, -0.1) is 0 Å². The van der Waals surface area contributed by atoms with Crippen LogP contribution >= 0.6 is 12.2 Å². The number of anilines is 1. The molecule has 1 aliphatic carbocycles. The Bertz CT molecular complexity index is 811. The number of thiocarbonyl (C=S) groups is 1. The van der Waals surface area contributed by atoms with Crippen molar-refractivity contribution in [3.8, 4) is 0 Å². The summed E-state index contributed by atoms with van der Waals surface area (Å²) >= 11 is 5.16. The van der Waals surface area contributed by atoms with Crippen LogP contribution in [0.15, 0.2) is 40.0 Å². The molecule has 1 aromatic heterocycles. The highest BCUT2D eigenvalue weighted by molar-refractivity contribution is 7.80. The maximum Gasteiger partial charge on any atom is 0.301 e. The molecule has 0 spiro atoms. The lowest BCUT2D eigenvalue weighted by molar-refractivity contribution is -0.384. The highest BCUT2D eigenvalue weighted by Gasteiger charge is 2.23. The molecule has 1 heterocycles. The molecule has 130 valence electrons. The van der Waals surface area contributed by atoms with Gasteiger partial charge in [-0.2, -0.15) is 5.10 Å². The molecular weight excluding hydrogens is 342 g/mol. The Labute approximate surface area is 149 Å². The molecule has 1 saturated carbocycles. The summed E-state index contributed by atoms with van der Waals surface area (Å²) in [7, 11) is 0. The third-order valence-corrected chi connectivity index (χ3v) is 4.27. The van der Waals surface area contributed by atoms with Crippen molar-refractivity contribution in [1.29, 1.82) is 0 Å². The van der Waals surface area contributed by atoms with Gasteiger partial charge >= 0.3 is 6.01 Å². The fourth-order valence-electron chi connectivity index (χ4n) is 2.37. The molecule has 0 unspecified atom stereocenters. The predicted molar refractivity (Wildman–Crippen MR) is 97.8 cm³/mol. The van der Waals surface area contributed by atoms with Gasteiger partial charge in [0.25, 0.3) is 5.69 Å². The molecule has 0 saturated heterocycles. The number of rotatable bonds is 5. The summed E-state index contributed by atoms with van der Waals surface area (Å²) in [6, 6.07) is 6.46. The molecule has 9 heteroatoms. The van der Waals surface area contributed by atoms with Crippen LogP contribution in [0.3, 0.4) is 0 Å². The number of nitro benzene ring substituents is 1. The first kappa shape index (κ1) is 17.0. The zero-order valence-electron chi connectivity index (χ0n) is 13.6. The summed E-state index contributed by atoms with van der Waals surface area (Å²) in [5, 5.41) is 17.9. The number of benzene rings is 1. The lowest BCUT2D eigenvalue weighted by Crippen LogP contribution is -2.25. The van der Waals surface area contributed by atoms with Crippen LogP contribution in [0.2, 0.25) is 0 Å². The van der Waals surface area contributed by atoms with Crippen LogP contribution < -0.4 is 10.7 Å². The van der Waals surface area contributed by atoms with Crippen LogP contribution in [-0.2, 0) is 0 Å². The van der Waals surface area contributed by atoms with Gasteiger partial charge in [-0.25, -0.2) is 4.98 Å². The monoisotopic (exact) mass is 359 g/mol. The van der Waals surface area contributed by atoms with Crippen molar-refractivity contribution < 1.29 is 9.34 Å². The third-order valence-electron chi connectivity index (χ3n) is 4.07. The van der Waals surface area contributed by atoms with Crippen LogP contribution in [0, 0.1) is 10.1 Å². The highest BCUT2D eigenvalue weighted by atomic mass is 32.1. The minimum absolute atomic E-state index is 0.0351. The van der Waals surface area contributed by atoms with Crippen LogP contribution in [-0.4, -0.2) is 20.7 Å². The Morgan fingerprint density at radius 2 is 2.12 bits per heavy atom. The molecule has 1 fully saturated rings. The van der Waals surface area contributed by atoms with E-state index in [-0.39, 0.29) is 10.8 Å². The fourth-order valence-corrected chi connectivity index (χ4v) is 2.51. The van der Waals surface area contributed by atoms with Gasteiger partial charge in [-0.3, -0.25) is 20.9 Å². The number of hydrogen-bond acceptors (Lipinski definition) is 6. The van der Waals surface area contributed by atoms with Crippen molar-refractivity contribution in [3.05, 3.63) is 51.9 Å². The summed E-state index contributed by atoms with van der Waals surface area (Å²) in [6.45, 7) is 1.77. The first-order chi connectivity index (χ1) is 12.0. The minimum atomic E-state index is -0.443. The van der Waals surface area contributed by atoms with Crippen LogP contribution in [0.1, 0.15) is 43.4 Å². The number of aromatic nitrogens is 1. The van der Waals surface area contributed by atoms with E-state index in [0.717, 1.165) is 24.2 Å². The van der Waals surface area contributed by atoms with E-state index in [1.807, 2.05) is 0 Å². The maximum absolute atomic E-state index is 10.7. The molecule has 2 N–H and O–H groups in total. The number of nitro groups is 1. The number of nitrogens with zero attached hydrogens (tertiary/aromatic N) is 3. The number of hydrazone groups is 1. The largest absolute Gasteiger partial charge is 0.428 e. The van der Waals surface area contributed by atoms with Gasteiger partial charge in [0.15, 0.2) is 5.11 Å². The Hall–Kier alpha value is -2.81. The van der Waals surface area contributed by atoms with E-state index in [0.29, 0.717) is 17.6 Å². The first-order valence-corrected chi connectivity index (χ1v) is 8.25. The van der Waals surface area contributed by atoms with Gasteiger partial charge in [0.05, 0.1) is 16.8 Å². The van der Waals surface area contributed by atoms with Gasteiger partial charge in [-0.05, 0) is 49.7 Å². The molecule has 25 heavy (non-hydrogen) atoms. The van der Waals surface area contributed by atoms with Crippen molar-refractivity contribution in [3.63, 3.8) is 0 Å². The summed E-state index contributed by atoms with van der Waals surface area (Å²) in [6.07, 6.45) is 5.22. The number of hydrogen-bond donors (Lipinski definition) is 2. The molecule has 0 aliphatic heterocycles. The Morgan fingerprint density at radius 1 is 1.40 bits per heavy atom. The molecule has 2 aromatic rings. The van der Waals surface area contributed by atoms with E-state index in [9.17, 15) is 10.1 Å². The molecule has 8 nitrogen and oxygen atoms in total. The quantitative estimate of drug-likeness (QED) is 0.364. The summed E-state index contributed by atoms with van der Waals surface area (Å²) in [4.78, 5) is 14.4. The molecule has 0 atom stereocenters. The lowest BCUT2D eigenvalue weighted by Gasteiger charge is -2.22. The second kappa shape index (κ2) is 7.39. The van der Waals surface area contributed by atoms with E-state index in [2.05, 4.69) is 20.8 Å². The summed E-state index contributed by atoms with van der Waals surface area (Å²) in [5.74, 6) is 1.34. The Balaban J connectivity index is 1.55. The SMILES string of the molecule is C/C(=N\NC(=S)Nc1ncc(C2CCC2)o1)c1ccc([N+](=O)[O-])cc1. The Morgan fingerprint density at radius 3 is 2.72 bits per heavy atom. The average molecular weight is 359 g/mol. The summed E-state index contributed by atoms with van der Waals surface area (Å²) < 4.78 is 5.62. The van der Waals surface area contributed by atoms with E-state index in [1.54, 1.807) is 25.3 Å².